The van der Waals surface area contributed by atoms with Crippen LogP contribution in [0.3, 0.4) is 0 Å². The van der Waals surface area contributed by atoms with E-state index in [9.17, 15) is 17.2 Å². The number of ether oxygens (including phenoxy) is 1. The van der Waals surface area contributed by atoms with Crippen LogP contribution in [0.5, 0.6) is 5.75 Å². The van der Waals surface area contributed by atoms with Crippen molar-refractivity contribution < 1.29 is 21.9 Å². The Bertz CT molecular complexity index is 726. The number of alkyl halides is 2. The summed E-state index contributed by atoms with van der Waals surface area (Å²) in [7, 11) is -1.26. The highest BCUT2D eigenvalue weighted by atomic mass is 32.2. The first-order chi connectivity index (χ1) is 12.8. The van der Waals surface area contributed by atoms with Crippen molar-refractivity contribution in [3.63, 3.8) is 0 Å². The van der Waals surface area contributed by atoms with Crippen LogP contribution >= 0.6 is 0 Å². The van der Waals surface area contributed by atoms with E-state index in [-0.39, 0.29) is 11.5 Å². The van der Waals surface area contributed by atoms with E-state index in [1.807, 2.05) is 18.9 Å². The van der Waals surface area contributed by atoms with E-state index < -0.39 is 16.6 Å². The highest BCUT2D eigenvalue weighted by Gasteiger charge is 2.27. The van der Waals surface area contributed by atoms with Crippen molar-refractivity contribution in [1.82, 2.24) is 14.5 Å². The van der Waals surface area contributed by atoms with Crippen LogP contribution in [0.4, 0.5) is 8.78 Å². The Morgan fingerprint density at radius 2 is 2.07 bits per heavy atom. The average Bonchev–Trinajstić information content (AvgIpc) is 2.94. The smallest absolute Gasteiger partial charge is 0.387 e. The number of hydrogen-bond donors (Lipinski definition) is 1. The van der Waals surface area contributed by atoms with Gasteiger partial charge in [0.05, 0.1) is 12.3 Å². The second kappa shape index (κ2) is 9.84. The molecule has 0 atom stereocenters. The van der Waals surface area contributed by atoms with E-state index in [0.717, 1.165) is 5.56 Å². The molecule has 7 nitrogen and oxygen atoms in total. The summed E-state index contributed by atoms with van der Waals surface area (Å²) < 4.78 is 53.9. The molecule has 0 spiro atoms. The minimum absolute atomic E-state index is 0.115. The third kappa shape index (κ3) is 6.62. The number of halogens is 2. The zero-order valence-corrected chi connectivity index (χ0v) is 16.4. The molecule has 152 valence electrons. The molecule has 1 N–H and O–H groups in total. The van der Waals surface area contributed by atoms with Gasteiger partial charge in [0, 0.05) is 33.2 Å². The highest BCUT2D eigenvalue weighted by molar-refractivity contribution is 7.89. The molecular formula is C17H26F2N4O3S. The third-order valence-corrected chi connectivity index (χ3v) is 6.04. The average molecular weight is 404 g/mol. The van der Waals surface area contributed by atoms with Crippen LogP contribution in [0.15, 0.2) is 29.3 Å². The van der Waals surface area contributed by atoms with Gasteiger partial charge in [-0.3, -0.25) is 4.99 Å². The number of nitrogens with zero attached hydrogens (tertiary/aromatic N) is 3. The predicted molar refractivity (Wildman–Crippen MR) is 100 cm³/mol. The highest BCUT2D eigenvalue weighted by Crippen LogP contribution is 2.16. The summed E-state index contributed by atoms with van der Waals surface area (Å²) in [5.41, 5.74) is 0.909. The summed E-state index contributed by atoms with van der Waals surface area (Å²) in [4.78, 5) is 6.39. The van der Waals surface area contributed by atoms with Gasteiger partial charge in [0.2, 0.25) is 10.0 Å². The molecule has 0 aliphatic carbocycles. The van der Waals surface area contributed by atoms with Crippen molar-refractivity contribution in [1.29, 1.82) is 0 Å². The van der Waals surface area contributed by atoms with Crippen molar-refractivity contribution in [2.75, 3.05) is 39.0 Å². The van der Waals surface area contributed by atoms with E-state index in [4.69, 9.17) is 0 Å². The van der Waals surface area contributed by atoms with Crippen LogP contribution in [-0.2, 0) is 16.6 Å². The van der Waals surface area contributed by atoms with Crippen molar-refractivity contribution in [3.05, 3.63) is 29.8 Å². The molecule has 0 aromatic heterocycles. The number of benzene rings is 1. The van der Waals surface area contributed by atoms with Crippen molar-refractivity contribution in [2.45, 2.75) is 26.5 Å². The second-order valence-electron chi connectivity index (χ2n) is 6.18. The van der Waals surface area contributed by atoms with Gasteiger partial charge in [-0.1, -0.05) is 12.1 Å². The maximum Gasteiger partial charge on any atom is 0.387 e. The fourth-order valence-corrected chi connectivity index (χ4v) is 4.32. The molecular weight excluding hydrogens is 378 g/mol. The van der Waals surface area contributed by atoms with Gasteiger partial charge in [0.25, 0.3) is 0 Å². The first-order valence-electron chi connectivity index (χ1n) is 8.83. The molecule has 1 aromatic carbocycles. The summed E-state index contributed by atoms with van der Waals surface area (Å²) in [6.07, 6.45) is 0.664. The van der Waals surface area contributed by atoms with Gasteiger partial charge in [-0.25, -0.2) is 12.7 Å². The molecule has 1 aliphatic heterocycles. The van der Waals surface area contributed by atoms with Crippen LogP contribution in [0.25, 0.3) is 0 Å². The van der Waals surface area contributed by atoms with E-state index in [1.54, 1.807) is 12.1 Å². The molecule has 0 bridgehead atoms. The number of rotatable bonds is 8. The molecule has 0 amide bonds. The maximum absolute atomic E-state index is 12.2. The van der Waals surface area contributed by atoms with Gasteiger partial charge in [-0.2, -0.15) is 8.78 Å². The van der Waals surface area contributed by atoms with Gasteiger partial charge < -0.3 is 15.0 Å². The first kappa shape index (κ1) is 21.4. The Kier molecular flexibility index (Phi) is 7.78. The van der Waals surface area contributed by atoms with Crippen molar-refractivity contribution in [2.24, 2.45) is 4.99 Å². The van der Waals surface area contributed by atoms with Gasteiger partial charge >= 0.3 is 6.61 Å². The molecule has 0 unspecified atom stereocenters. The van der Waals surface area contributed by atoms with E-state index in [2.05, 4.69) is 15.0 Å². The molecule has 0 radical (unpaired) electrons. The van der Waals surface area contributed by atoms with Crippen LogP contribution in [0.2, 0.25) is 0 Å². The standard InChI is InChI=1S/C17H26F2N4O3S/c1-3-20-17(21-9-11-23-10-4-12-27(23,24)25)22(2)13-14-5-7-15(8-6-14)26-16(18)19/h5-8,16H,3-4,9-13H2,1-2H3,(H,20,21). The predicted octanol–water partition coefficient (Wildman–Crippen LogP) is 1.72. The largest absolute Gasteiger partial charge is 0.435 e. The lowest BCUT2D eigenvalue weighted by molar-refractivity contribution is -0.0498. The molecule has 1 saturated heterocycles. The van der Waals surface area contributed by atoms with E-state index in [0.29, 0.717) is 45.1 Å². The Labute approximate surface area is 159 Å². The Morgan fingerprint density at radius 1 is 1.37 bits per heavy atom. The summed E-state index contributed by atoms with van der Waals surface area (Å²) in [5.74, 6) is 0.980. The second-order valence-corrected chi connectivity index (χ2v) is 8.27. The monoisotopic (exact) mass is 404 g/mol. The SMILES string of the molecule is CCNC(=NCCN1CCCS1(=O)=O)N(C)Cc1ccc(OC(F)F)cc1. The quantitative estimate of drug-likeness (QED) is 0.528. The zero-order chi connectivity index (χ0) is 19.9. The van der Waals surface area contributed by atoms with E-state index in [1.165, 1.54) is 16.4 Å². The summed E-state index contributed by atoms with van der Waals surface area (Å²) in [6, 6.07) is 6.43. The molecule has 1 aromatic rings. The minimum atomic E-state index is -3.11. The Morgan fingerprint density at radius 3 is 2.63 bits per heavy atom. The van der Waals surface area contributed by atoms with Crippen LogP contribution in [0.1, 0.15) is 18.9 Å². The molecule has 1 fully saturated rings. The molecule has 2 rings (SSSR count). The molecule has 1 heterocycles. The minimum Gasteiger partial charge on any atom is -0.435 e. The van der Waals surface area contributed by atoms with Gasteiger partial charge in [-0.15, -0.1) is 0 Å². The maximum atomic E-state index is 12.2. The molecule has 1 aliphatic rings. The van der Waals surface area contributed by atoms with E-state index >= 15 is 0 Å². The normalized spacial score (nSPS) is 17.3. The number of nitrogens with one attached hydrogen (secondary N) is 1. The van der Waals surface area contributed by atoms with Crippen LogP contribution in [0, 0.1) is 0 Å². The lowest BCUT2D eigenvalue weighted by Crippen LogP contribution is -2.39. The fourth-order valence-electron chi connectivity index (χ4n) is 2.80. The molecule has 10 heteroatoms. The fraction of sp³-hybridized carbons (Fsp3) is 0.588. The third-order valence-electron chi connectivity index (χ3n) is 4.08. The first-order valence-corrected chi connectivity index (χ1v) is 10.4. The lowest BCUT2D eigenvalue weighted by atomic mass is 10.2. The van der Waals surface area contributed by atoms with Crippen LogP contribution in [-0.4, -0.2) is 69.2 Å². The zero-order valence-electron chi connectivity index (χ0n) is 15.6. The van der Waals surface area contributed by atoms with Gasteiger partial charge in [0.15, 0.2) is 5.96 Å². The summed E-state index contributed by atoms with van der Waals surface area (Å²) in [5, 5.41) is 3.17. The van der Waals surface area contributed by atoms with Crippen LogP contribution < -0.4 is 10.1 Å². The Hall–Kier alpha value is -1.94. The number of guanidine groups is 1. The summed E-state index contributed by atoms with van der Waals surface area (Å²) >= 11 is 0. The topological polar surface area (TPSA) is 74.2 Å². The van der Waals surface area contributed by atoms with Gasteiger partial charge in [-0.05, 0) is 31.0 Å². The van der Waals surface area contributed by atoms with Crippen molar-refractivity contribution >= 4 is 16.0 Å². The number of sulfonamides is 1. The Balaban J connectivity index is 1.94. The van der Waals surface area contributed by atoms with Crippen molar-refractivity contribution in [3.8, 4) is 5.75 Å². The lowest BCUT2D eigenvalue weighted by Gasteiger charge is -2.22. The number of hydrogen-bond acceptors (Lipinski definition) is 4. The summed E-state index contributed by atoms with van der Waals surface area (Å²) in [6.45, 7) is 1.58. The number of aliphatic imine (C=N–C) groups is 1. The molecule has 27 heavy (non-hydrogen) atoms. The molecule has 0 saturated carbocycles. The van der Waals surface area contributed by atoms with Gasteiger partial charge in [0.1, 0.15) is 5.75 Å².